The van der Waals surface area contributed by atoms with Crippen LogP contribution in [0, 0.1) is 5.82 Å². The number of amides is 1. The van der Waals surface area contributed by atoms with E-state index in [2.05, 4.69) is 10.0 Å². The summed E-state index contributed by atoms with van der Waals surface area (Å²) in [5.41, 5.74) is 0.367. The number of rotatable bonds is 6. The molecule has 2 N–H and O–H groups in total. The Kier molecular flexibility index (Phi) is 6.69. The summed E-state index contributed by atoms with van der Waals surface area (Å²) in [5.74, 6) is -0.684. The molecule has 0 saturated carbocycles. The summed E-state index contributed by atoms with van der Waals surface area (Å²) >= 11 is 6.07. The van der Waals surface area contributed by atoms with Crippen LogP contribution in [-0.4, -0.2) is 27.5 Å². The number of halogens is 2. The number of hydrogen-bond acceptors (Lipinski definition) is 4. The highest BCUT2D eigenvalue weighted by Crippen LogP contribution is 2.36. The number of para-hydroxylation sites is 1. The number of carbonyl (C=O) groups is 1. The van der Waals surface area contributed by atoms with Crippen molar-refractivity contribution in [2.75, 3.05) is 23.3 Å². The summed E-state index contributed by atoms with van der Waals surface area (Å²) in [5, 5.41) is 3.12. The smallest absolute Gasteiger partial charge is 0.262 e. The Morgan fingerprint density at radius 3 is 2.36 bits per heavy atom. The van der Waals surface area contributed by atoms with Gasteiger partial charge in [0.2, 0.25) is 5.91 Å². The van der Waals surface area contributed by atoms with Crippen molar-refractivity contribution in [3.05, 3.63) is 89.2 Å². The lowest BCUT2D eigenvalue weighted by molar-refractivity contribution is -0.125. The first-order valence-electron chi connectivity index (χ1n) is 10.3. The third kappa shape index (κ3) is 5.03. The fourth-order valence-corrected chi connectivity index (χ4v) is 5.24. The fraction of sp³-hybridized carbons (Fsp3) is 0.208. The summed E-state index contributed by atoms with van der Waals surface area (Å²) in [4.78, 5) is 13.4. The first-order valence-corrected chi connectivity index (χ1v) is 12.2. The van der Waals surface area contributed by atoms with Gasteiger partial charge in [-0.3, -0.25) is 9.52 Å². The molecule has 9 heteroatoms. The predicted molar refractivity (Wildman–Crippen MR) is 125 cm³/mol. The van der Waals surface area contributed by atoms with Crippen LogP contribution in [0.1, 0.15) is 18.4 Å². The second kappa shape index (κ2) is 9.51. The highest BCUT2D eigenvalue weighted by Gasteiger charge is 2.41. The SMILES string of the molecule is O=C(Nc1cccc(S(=O)(=O)Nc2ccccc2Cl)c1)C1(c2ccc(F)cc2)CCOCC1. The van der Waals surface area contributed by atoms with Gasteiger partial charge in [-0.2, -0.15) is 0 Å². The van der Waals surface area contributed by atoms with Crippen molar-refractivity contribution in [3.63, 3.8) is 0 Å². The number of sulfonamides is 1. The van der Waals surface area contributed by atoms with E-state index in [0.29, 0.717) is 37.3 Å². The molecule has 0 atom stereocenters. The summed E-state index contributed by atoms with van der Waals surface area (Å²) in [7, 11) is -3.94. The fourth-order valence-electron chi connectivity index (χ4n) is 3.88. The summed E-state index contributed by atoms with van der Waals surface area (Å²) in [6.45, 7) is 0.780. The predicted octanol–water partition coefficient (Wildman–Crippen LogP) is 4.97. The molecule has 3 aromatic carbocycles. The van der Waals surface area contributed by atoms with Crippen molar-refractivity contribution in [2.45, 2.75) is 23.2 Å². The van der Waals surface area contributed by atoms with Gasteiger partial charge in [-0.1, -0.05) is 41.9 Å². The van der Waals surface area contributed by atoms with E-state index in [1.807, 2.05) is 0 Å². The van der Waals surface area contributed by atoms with E-state index in [9.17, 15) is 17.6 Å². The van der Waals surface area contributed by atoms with Crippen LogP contribution in [0.15, 0.2) is 77.7 Å². The minimum atomic E-state index is -3.94. The summed E-state index contributed by atoms with van der Waals surface area (Å²) < 4.78 is 47.1. The van der Waals surface area contributed by atoms with Gasteiger partial charge in [-0.05, 0) is 60.9 Å². The second-order valence-corrected chi connectivity index (χ2v) is 9.86. The molecule has 0 unspecified atom stereocenters. The van der Waals surface area contributed by atoms with Crippen molar-refractivity contribution in [2.24, 2.45) is 0 Å². The van der Waals surface area contributed by atoms with Gasteiger partial charge in [0.05, 0.1) is 21.0 Å². The molecule has 3 aromatic rings. The van der Waals surface area contributed by atoms with Crippen molar-refractivity contribution >= 4 is 38.9 Å². The van der Waals surface area contributed by atoms with E-state index in [0.717, 1.165) is 0 Å². The molecule has 0 radical (unpaired) electrons. The molecule has 1 fully saturated rings. The second-order valence-electron chi connectivity index (χ2n) is 7.77. The zero-order valence-electron chi connectivity index (χ0n) is 17.6. The van der Waals surface area contributed by atoms with Crippen LogP contribution >= 0.6 is 11.6 Å². The molecule has 4 rings (SSSR count). The molecule has 33 heavy (non-hydrogen) atoms. The van der Waals surface area contributed by atoms with Crippen molar-refractivity contribution in [1.82, 2.24) is 0 Å². The topological polar surface area (TPSA) is 84.5 Å². The van der Waals surface area contributed by atoms with Crippen LogP contribution < -0.4 is 10.0 Å². The lowest BCUT2D eigenvalue weighted by Crippen LogP contribution is -2.44. The van der Waals surface area contributed by atoms with E-state index in [1.165, 1.54) is 24.3 Å². The average Bonchev–Trinajstić information content (AvgIpc) is 2.81. The number of ether oxygens (including phenoxy) is 1. The molecular weight excluding hydrogens is 467 g/mol. The number of hydrogen-bond donors (Lipinski definition) is 2. The average molecular weight is 489 g/mol. The first-order chi connectivity index (χ1) is 15.8. The Bertz CT molecular complexity index is 1260. The minimum Gasteiger partial charge on any atom is -0.381 e. The highest BCUT2D eigenvalue weighted by atomic mass is 35.5. The number of anilines is 2. The molecule has 0 spiro atoms. The van der Waals surface area contributed by atoms with Crippen molar-refractivity contribution in [3.8, 4) is 0 Å². The molecule has 1 aliphatic heterocycles. The Morgan fingerprint density at radius 1 is 0.970 bits per heavy atom. The maximum Gasteiger partial charge on any atom is 0.262 e. The quantitative estimate of drug-likeness (QED) is 0.513. The standard InChI is InChI=1S/C24H22ClFN2O4S/c25-21-6-1-2-7-22(21)28-33(30,31)20-5-3-4-19(16-20)27-23(29)24(12-14-32-15-13-24)17-8-10-18(26)11-9-17/h1-11,16,28H,12-15H2,(H,27,29). The molecule has 0 aromatic heterocycles. The van der Waals surface area contributed by atoms with Crippen LogP contribution in [0.3, 0.4) is 0 Å². The molecule has 1 amide bonds. The van der Waals surface area contributed by atoms with Gasteiger partial charge in [0, 0.05) is 18.9 Å². The van der Waals surface area contributed by atoms with Crippen LogP contribution in [-0.2, 0) is 25.0 Å². The Morgan fingerprint density at radius 2 is 1.67 bits per heavy atom. The molecule has 0 aliphatic carbocycles. The zero-order chi connectivity index (χ0) is 23.5. The molecule has 6 nitrogen and oxygen atoms in total. The lowest BCUT2D eigenvalue weighted by atomic mass is 9.73. The minimum absolute atomic E-state index is 0.0250. The summed E-state index contributed by atoms with van der Waals surface area (Å²) in [6.07, 6.45) is 0.854. The highest BCUT2D eigenvalue weighted by molar-refractivity contribution is 7.92. The number of carbonyl (C=O) groups excluding carboxylic acids is 1. The van der Waals surface area contributed by atoms with E-state index in [-0.39, 0.29) is 27.3 Å². The molecule has 1 heterocycles. The Labute approximate surface area is 196 Å². The Hall–Kier alpha value is -2.94. The van der Waals surface area contributed by atoms with E-state index in [1.54, 1.807) is 48.5 Å². The van der Waals surface area contributed by atoms with Gasteiger partial charge in [-0.25, -0.2) is 12.8 Å². The molecular formula is C24H22ClFN2O4S. The van der Waals surface area contributed by atoms with Gasteiger partial charge in [0.15, 0.2) is 0 Å². The van der Waals surface area contributed by atoms with E-state index in [4.69, 9.17) is 16.3 Å². The van der Waals surface area contributed by atoms with E-state index >= 15 is 0 Å². The van der Waals surface area contributed by atoms with Gasteiger partial charge >= 0.3 is 0 Å². The zero-order valence-corrected chi connectivity index (χ0v) is 19.1. The van der Waals surface area contributed by atoms with Crippen molar-refractivity contribution in [1.29, 1.82) is 0 Å². The first kappa shape index (κ1) is 23.2. The van der Waals surface area contributed by atoms with Gasteiger partial charge < -0.3 is 10.1 Å². The summed E-state index contributed by atoms with van der Waals surface area (Å²) in [6, 6.07) is 18.3. The van der Waals surface area contributed by atoms with Gasteiger partial charge in [-0.15, -0.1) is 0 Å². The van der Waals surface area contributed by atoms with Gasteiger partial charge in [0.1, 0.15) is 5.82 Å². The van der Waals surface area contributed by atoms with Crippen LogP contribution in [0.4, 0.5) is 15.8 Å². The number of nitrogens with one attached hydrogen (secondary N) is 2. The number of benzene rings is 3. The van der Waals surface area contributed by atoms with Crippen LogP contribution in [0.2, 0.25) is 5.02 Å². The third-order valence-electron chi connectivity index (χ3n) is 5.70. The molecule has 172 valence electrons. The molecule has 1 aliphatic rings. The normalized spacial score (nSPS) is 15.6. The lowest BCUT2D eigenvalue weighted by Gasteiger charge is -2.36. The largest absolute Gasteiger partial charge is 0.381 e. The molecule has 1 saturated heterocycles. The van der Waals surface area contributed by atoms with Crippen molar-refractivity contribution < 1.29 is 22.3 Å². The van der Waals surface area contributed by atoms with E-state index < -0.39 is 15.4 Å². The van der Waals surface area contributed by atoms with Gasteiger partial charge in [0.25, 0.3) is 10.0 Å². The van der Waals surface area contributed by atoms with Crippen LogP contribution in [0.5, 0.6) is 0 Å². The Balaban J connectivity index is 1.60. The third-order valence-corrected chi connectivity index (χ3v) is 7.39. The monoisotopic (exact) mass is 488 g/mol. The maximum atomic E-state index is 13.5. The maximum absolute atomic E-state index is 13.5. The molecule has 0 bridgehead atoms. The van der Waals surface area contributed by atoms with Crippen LogP contribution in [0.25, 0.3) is 0 Å².